The number of benzene rings is 2. The predicted octanol–water partition coefficient (Wildman–Crippen LogP) is 5.38. The lowest BCUT2D eigenvalue weighted by molar-refractivity contribution is 0.102. The molecule has 0 fully saturated rings. The van der Waals surface area contributed by atoms with E-state index in [-0.39, 0.29) is 5.91 Å². The molecule has 3 aromatic rings. The van der Waals surface area contributed by atoms with E-state index in [1.165, 1.54) is 11.1 Å². The lowest BCUT2D eigenvalue weighted by atomic mass is 10.0. The fourth-order valence-electron chi connectivity index (χ4n) is 2.96. The van der Waals surface area contributed by atoms with Crippen molar-refractivity contribution in [2.45, 2.75) is 33.2 Å². The molecule has 1 aromatic heterocycles. The topological polar surface area (TPSA) is 54.0 Å². The zero-order chi connectivity index (χ0) is 19.2. The minimum Gasteiger partial charge on any atom is -0.380 e. The molecular weight excluding hydrogens is 334 g/mol. The average molecular weight is 359 g/mol. The van der Waals surface area contributed by atoms with Crippen molar-refractivity contribution in [1.82, 2.24) is 4.98 Å². The Kier molecular flexibility index (Phi) is 5.87. The predicted molar refractivity (Wildman–Crippen MR) is 111 cm³/mol. The third-order valence-electron chi connectivity index (χ3n) is 4.41. The van der Waals surface area contributed by atoms with Crippen LogP contribution >= 0.6 is 0 Å². The van der Waals surface area contributed by atoms with E-state index < -0.39 is 0 Å². The lowest BCUT2D eigenvalue weighted by Gasteiger charge is -2.13. The van der Waals surface area contributed by atoms with Gasteiger partial charge in [-0.2, -0.15) is 0 Å². The van der Waals surface area contributed by atoms with Crippen LogP contribution < -0.4 is 10.6 Å². The number of nitrogens with one attached hydrogen (secondary N) is 2. The molecule has 3 rings (SSSR count). The Labute approximate surface area is 160 Å². The van der Waals surface area contributed by atoms with Crippen molar-refractivity contribution >= 4 is 17.3 Å². The summed E-state index contributed by atoms with van der Waals surface area (Å²) < 4.78 is 0. The first-order valence-electron chi connectivity index (χ1n) is 9.18. The zero-order valence-electron chi connectivity index (χ0n) is 16.0. The average Bonchev–Trinajstić information content (AvgIpc) is 2.67. The molecule has 138 valence electrons. The van der Waals surface area contributed by atoms with Gasteiger partial charge >= 0.3 is 0 Å². The highest BCUT2D eigenvalue weighted by atomic mass is 16.1. The van der Waals surface area contributed by atoms with E-state index in [0.717, 1.165) is 23.5 Å². The van der Waals surface area contributed by atoms with Crippen molar-refractivity contribution in [3.63, 3.8) is 0 Å². The lowest BCUT2D eigenvalue weighted by Crippen LogP contribution is -2.15. The van der Waals surface area contributed by atoms with Gasteiger partial charge in [0.15, 0.2) is 0 Å². The van der Waals surface area contributed by atoms with Crippen LogP contribution in [0.25, 0.3) is 0 Å². The maximum absolute atomic E-state index is 12.5. The molecule has 1 amide bonds. The Balaban J connectivity index is 1.64. The monoisotopic (exact) mass is 359 g/mol. The molecular formula is C23H25N3O. The van der Waals surface area contributed by atoms with Crippen LogP contribution in [0.1, 0.15) is 46.9 Å². The molecule has 0 aliphatic carbocycles. The van der Waals surface area contributed by atoms with Crippen LogP contribution in [0, 0.1) is 6.92 Å². The number of carbonyl (C=O) groups is 1. The van der Waals surface area contributed by atoms with Crippen LogP contribution in [0.5, 0.6) is 0 Å². The van der Waals surface area contributed by atoms with Crippen molar-refractivity contribution < 1.29 is 4.79 Å². The summed E-state index contributed by atoms with van der Waals surface area (Å²) in [5.41, 5.74) is 5.68. The summed E-state index contributed by atoms with van der Waals surface area (Å²) in [6.07, 6.45) is 1.69. The number of pyridine rings is 1. The van der Waals surface area contributed by atoms with Crippen molar-refractivity contribution in [3.8, 4) is 0 Å². The number of rotatable bonds is 6. The fraction of sp³-hybridized carbons (Fsp3) is 0.217. The maximum Gasteiger partial charge on any atom is 0.274 e. The number of nitrogens with zero attached hydrogens (tertiary/aromatic N) is 1. The maximum atomic E-state index is 12.5. The highest BCUT2D eigenvalue weighted by Gasteiger charge is 2.11. The third-order valence-corrected chi connectivity index (χ3v) is 4.41. The minimum absolute atomic E-state index is 0.201. The van der Waals surface area contributed by atoms with Gasteiger partial charge in [0.05, 0.1) is 11.9 Å². The zero-order valence-corrected chi connectivity index (χ0v) is 16.0. The first kappa shape index (κ1) is 18.6. The van der Waals surface area contributed by atoms with Gasteiger partial charge in [-0.1, -0.05) is 61.9 Å². The van der Waals surface area contributed by atoms with E-state index in [4.69, 9.17) is 0 Å². The molecule has 2 aromatic carbocycles. The van der Waals surface area contributed by atoms with Crippen molar-refractivity contribution in [3.05, 3.63) is 89.2 Å². The number of aryl methyl sites for hydroxylation is 1. The number of hydrogen-bond acceptors (Lipinski definition) is 3. The Morgan fingerprint density at radius 3 is 2.56 bits per heavy atom. The molecule has 1 heterocycles. The number of hydrogen-bond donors (Lipinski definition) is 2. The third kappa shape index (κ3) is 4.94. The van der Waals surface area contributed by atoms with E-state index in [1.54, 1.807) is 12.3 Å². The molecule has 2 N–H and O–H groups in total. The van der Waals surface area contributed by atoms with Crippen LogP contribution in [-0.4, -0.2) is 10.9 Å². The van der Waals surface area contributed by atoms with E-state index in [9.17, 15) is 4.79 Å². The van der Waals surface area contributed by atoms with Gasteiger partial charge in [-0.3, -0.25) is 4.79 Å². The number of para-hydroxylation sites is 1. The van der Waals surface area contributed by atoms with Crippen molar-refractivity contribution in [1.29, 1.82) is 0 Å². The first-order valence-corrected chi connectivity index (χ1v) is 9.18. The Bertz CT molecular complexity index is 917. The Morgan fingerprint density at radius 2 is 1.85 bits per heavy atom. The summed E-state index contributed by atoms with van der Waals surface area (Å²) in [5, 5.41) is 6.30. The molecule has 0 bridgehead atoms. The smallest absolute Gasteiger partial charge is 0.274 e. The number of aromatic nitrogens is 1. The van der Waals surface area contributed by atoms with E-state index in [0.29, 0.717) is 11.6 Å². The molecule has 0 spiro atoms. The van der Waals surface area contributed by atoms with E-state index in [2.05, 4.69) is 54.6 Å². The van der Waals surface area contributed by atoms with Crippen molar-refractivity contribution in [2.75, 3.05) is 10.6 Å². The van der Waals surface area contributed by atoms with Gasteiger partial charge in [-0.25, -0.2) is 4.98 Å². The largest absolute Gasteiger partial charge is 0.380 e. The molecule has 4 heteroatoms. The van der Waals surface area contributed by atoms with Crippen LogP contribution in [-0.2, 0) is 6.54 Å². The fourth-order valence-corrected chi connectivity index (χ4v) is 2.96. The molecule has 0 atom stereocenters. The Hall–Kier alpha value is -3.14. The standard InChI is InChI=1S/C23H25N3O/c1-16(2)20-9-4-5-10-21(20)26-23(27)22-12-11-19(15-25-22)24-14-18-8-6-7-17(3)13-18/h4-13,15-16,24H,14H2,1-3H3,(H,26,27). The quantitative estimate of drug-likeness (QED) is 0.621. The molecule has 0 saturated carbocycles. The summed E-state index contributed by atoms with van der Waals surface area (Å²) in [6.45, 7) is 7.02. The Morgan fingerprint density at radius 1 is 1.04 bits per heavy atom. The van der Waals surface area contributed by atoms with Crippen LogP contribution in [0.3, 0.4) is 0 Å². The second kappa shape index (κ2) is 8.49. The van der Waals surface area contributed by atoms with Crippen molar-refractivity contribution in [2.24, 2.45) is 0 Å². The van der Waals surface area contributed by atoms with Gasteiger partial charge in [0.2, 0.25) is 0 Å². The van der Waals surface area contributed by atoms with Gasteiger partial charge < -0.3 is 10.6 Å². The van der Waals surface area contributed by atoms with Gasteiger partial charge in [-0.05, 0) is 42.2 Å². The summed E-state index contributed by atoms with van der Waals surface area (Å²) in [5.74, 6) is 0.135. The molecule has 0 radical (unpaired) electrons. The van der Waals surface area contributed by atoms with Gasteiger partial charge in [-0.15, -0.1) is 0 Å². The van der Waals surface area contributed by atoms with Gasteiger partial charge in [0, 0.05) is 12.2 Å². The molecule has 0 aliphatic heterocycles. The second-order valence-corrected chi connectivity index (χ2v) is 6.97. The highest BCUT2D eigenvalue weighted by molar-refractivity contribution is 6.03. The highest BCUT2D eigenvalue weighted by Crippen LogP contribution is 2.24. The number of amides is 1. The second-order valence-electron chi connectivity index (χ2n) is 6.97. The normalized spacial score (nSPS) is 10.7. The molecule has 27 heavy (non-hydrogen) atoms. The summed E-state index contributed by atoms with van der Waals surface area (Å²) in [7, 11) is 0. The molecule has 4 nitrogen and oxygen atoms in total. The first-order chi connectivity index (χ1) is 13.0. The molecule has 0 saturated heterocycles. The van der Waals surface area contributed by atoms with E-state index in [1.807, 2.05) is 36.4 Å². The van der Waals surface area contributed by atoms with Crippen LogP contribution in [0.2, 0.25) is 0 Å². The number of carbonyl (C=O) groups excluding carboxylic acids is 1. The molecule has 0 unspecified atom stereocenters. The van der Waals surface area contributed by atoms with Gasteiger partial charge in [0.25, 0.3) is 5.91 Å². The molecule has 0 aliphatic rings. The SMILES string of the molecule is Cc1cccc(CNc2ccc(C(=O)Nc3ccccc3C(C)C)nc2)c1. The number of anilines is 2. The summed E-state index contributed by atoms with van der Waals surface area (Å²) in [4.78, 5) is 16.8. The van der Waals surface area contributed by atoms with Gasteiger partial charge in [0.1, 0.15) is 5.69 Å². The summed E-state index contributed by atoms with van der Waals surface area (Å²) >= 11 is 0. The summed E-state index contributed by atoms with van der Waals surface area (Å²) in [6, 6.07) is 19.8. The van der Waals surface area contributed by atoms with Crippen LogP contribution in [0.15, 0.2) is 66.9 Å². The van der Waals surface area contributed by atoms with Crippen LogP contribution in [0.4, 0.5) is 11.4 Å². The minimum atomic E-state index is -0.201. The van der Waals surface area contributed by atoms with E-state index >= 15 is 0 Å².